The quantitative estimate of drug-likeness (QED) is 0.834. The van der Waals surface area contributed by atoms with E-state index in [0.717, 1.165) is 30.9 Å². The van der Waals surface area contributed by atoms with Crippen LogP contribution in [-0.2, 0) is 0 Å². The van der Waals surface area contributed by atoms with Gasteiger partial charge in [-0.25, -0.2) is 4.79 Å². The zero-order valence-electron chi connectivity index (χ0n) is 15.8. The number of nitrogens with one attached hydrogen (secondary N) is 1. The van der Waals surface area contributed by atoms with Crippen LogP contribution in [-0.4, -0.2) is 44.8 Å². The molecule has 0 aliphatic carbocycles. The highest BCUT2D eigenvalue weighted by Crippen LogP contribution is 2.25. The maximum absolute atomic E-state index is 12.6. The lowest BCUT2D eigenvalue weighted by Gasteiger charge is -2.32. The van der Waals surface area contributed by atoms with Gasteiger partial charge in [0.25, 0.3) is 0 Å². The van der Waals surface area contributed by atoms with E-state index in [1.807, 2.05) is 53.4 Å². The first kappa shape index (κ1) is 18.9. The Balaban J connectivity index is 1.54. The van der Waals surface area contributed by atoms with Crippen molar-refractivity contribution < 1.29 is 19.0 Å². The van der Waals surface area contributed by atoms with Crippen molar-refractivity contribution in [3.63, 3.8) is 0 Å². The zero-order valence-corrected chi connectivity index (χ0v) is 15.8. The number of hydrogen-bond acceptors (Lipinski definition) is 4. The summed E-state index contributed by atoms with van der Waals surface area (Å²) in [4.78, 5) is 14.5. The summed E-state index contributed by atoms with van der Waals surface area (Å²) >= 11 is 0. The smallest absolute Gasteiger partial charge is 0.321 e. The van der Waals surface area contributed by atoms with Crippen LogP contribution in [0.4, 0.5) is 10.5 Å². The highest BCUT2D eigenvalue weighted by molar-refractivity contribution is 5.91. The average Bonchev–Trinajstić information content (AvgIpc) is 2.73. The second-order valence-electron chi connectivity index (χ2n) is 6.57. The Kier molecular flexibility index (Phi) is 6.41. The molecule has 1 saturated heterocycles. The van der Waals surface area contributed by atoms with E-state index in [1.54, 1.807) is 14.2 Å². The Morgan fingerprint density at radius 3 is 2.74 bits per heavy atom. The Morgan fingerprint density at radius 2 is 1.93 bits per heavy atom. The molecule has 6 heteroatoms. The summed E-state index contributed by atoms with van der Waals surface area (Å²) in [5.41, 5.74) is 0.680. The van der Waals surface area contributed by atoms with Crippen LogP contribution in [0.2, 0.25) is 0 Å². The van der Waals surface area contributed by atoms with Gasteiger partial charge in [-0.3, -0.25) is 0 Å². The summed E-state index contributed by atoms with van der Waals surface area (Å²) in [5.74, 6) is 2.51. The third-order valence-electron chi connectivity index (χ3n) is 4.68. The Morgan fingerprint density at radius 1 is 1.11 bits per heavy atom. The van der Waals surface area contributed by atoms with Gasteiger partial charge in [-0.2, -0.15) is 0 Å². The first-order valence-corrected chi connectivity index (χ1v) is 9.15. The van der Waals surface area contributed by atoms with Crippen molar-refractivity contribution in [2.75, 3.05) is 39.2 Å². The summed E-state index contributed by atoms with van der Waals surface area (Å²) < 4.78 is 16.4. The molecule has 1 heterocycles. The highest BCUT2D eigenvalue weighted by atomic mass is 16.5. The summed E-state index contributed by atoms with van der Waals surface area (Å²) in [6, 6.07) is 14.9. The van der Waals surface area contributed by atoms with E-state index in [2.05, 4.69) is 5.32 Å². The predicted molar refractivity (Wildman–Crippen MR) is 105 cm³/mol. The van der Waals surface area contributed by atoms with Crippen LogP contribution in [0.1, 0.15) is 12.8 Å². The number of amides is 2. The molecule has 1 aliphatic heterocycles. The van der Waals surface area contributed by atoms with Gasteiger partial charge in [0.15, 0.2) is 0 Å². The summed E-state index contributed by atoms with van der Waals surface area (Å²) in [7, 11) is 3.23. The fraction of sp³-hybridized carbons (Fsp3) is 0.381. The number of benzene rings is 2. The van der Waals surface area contributed by atoms with E-state index in [9.17, 15) is 4.79 Å². The van der Waals surface area contributed by atoms with Gasteiger partial charge in [-0.05, 0) is 37.1 Å². The monoisotopic (exact) mass is 370 g/mol. The number of methoxy groups -OCH3 is 2. The molecule has 0 radical (unpaired) electrons. The second-order valence-corrected chi connectivity index (χ2v) is 6.57. The number of hydrogen-bond donors (Lipinski definition) is 1. The molecule has 1 N–H and O–H groups in total. The zero-order chi connectivity index (χ0) is 19.1. The lowest BCUT2D eigenvalue weighted by atomic mass is 9.99. The molecule has 6 nitrogen and oxygen atoms in total. The molecule has 27 heavy (non-hydrogen) atoms. The van der Waals surface area contributed by atoms with Crippen LogP contribution in [0.15, 0.2) is 48.5 Å². The highest BCUT2D eigenvalue weighted by Gasteiger charge is 2.24. The van der Waals surface area contributed by atoms with Crippen molar-refractivity contribution in [2.45, 2.75) is 12.8 Å². The molecule has 3 rings (SSSR count). The molecule has 1 atom stereocenters. The Hall–Kier alpha value is -2.89. The van der Waals surface area contributed by atoms with Gasteiger partial charge in [0.2, 0.25) is 0 Å². The van der Waals surface area contributed by atoms with E-state index in [-0.39, 0.29) is 6.03 Å². The van der Waals surface area contributed by atoms with Crippen LogP contribution < -0.4 is 19.5 Å². The first-order valence-electron chi connectivity index (χ1n) is 9.15. The predicted octanol–water partition coefficient (Wildman–Crippen LogP) is 4.03. The molecule has 144 valence electrons. The molecule has 0 bridgehead atoms. The minimum absolute atomic E-state index is 0.106. The van der Waals surface area contributed by atoms with Crippen LogP contribution in [0.3, 0.4) is 0 Å². The number of anilines is 1. The molecule has 2 aromatic carbocycles. The van der Waals surface area contributed by atoms with Gasteiger partial charge in [-0.15, -0.1) is 0 Å². The van der Waals surface area contributed by atoms with Gasteiger partial charge in [0, 0.05) is 25.1 Å². The Bertz CT molecular complexity index is 765. The molecular formula is C21H26N2O4. The van der Waals surface area contributed by atoms with Crippen LogP contribution >= 0.6 is 0 Å². The summed E-state index contributed by atoms with van der Waals surface area (Å²) in [6.07, 6.45) is 2.01. The van der Waals surface area contributed by atoms with E-state index < -0.39 is 0 Å². The standard InChI is InChI=1S/C21H26N2O4/c1-25-17-8-5-9-18(13-17)27-15-16-7-6-12-23(14-16)21(24)22-19-10-3-4-11-20(19)26-2/h3-5,8-11,13,16H,6-7,12,14-15H2,1-2H3,(H,22,24)/t16-/m1/s1. The molecule has 0 unspecified atom stereocenters. The van der Waals surface area contributed by atoms with Gasteiger partial charge in [0.05, 0.1) is 26.5 Å². The van der Waals surface area contributed by atoms with E-state index in [0.29, 0.717) is 30.5 Å². The number of urea groups is 1. The molecule has 0 spiro atoms. The van der Waals surface area contributed by atoms with Gasteiger partial charge in [0.1, 0.15) is 17.2 Å². The van der Waals surface area contributed by atoms with Crippen molar-refractivity contribution >= 4 is 11.7 Å². The summed E-state index contributed by atoms with van der Waals surface area (Å²) in [6.45, 7) is 1.99. The number of piperidine rings is 1. The topological polar surface area (TPSA) is 60.0 Å². The maximum atomic E-state index is 12.6. The van der Waals surface area contributed by atoms with Gasteiger partial charge < -0.3 is 24.4 Å². The Labute approximate surface area is 160 Å². The third-order valence-corrected chi connectivity index (χ3v) is 4.68. The minimum Gasteiger partial charge on any atom is -0.497 e. The van der Waals surface area contributed by atoms with Crippen molar-refractivity contribution in [1.82, 2.24) is 4.90 Å². The van der Waals surface area contributed by atoms with Crippen molar-refractivity contribution in [2.24, 2.45) is 5.92 Å². The van der Waals surface area contributed by atoms with Crippen molar-refractivity contribution in [1.29, 1.82) is 0 Å². The molecule has 1 fully saturated rings. The van der Waals surface area contributed by atoms with E-state index >= 15 is 0 Å². The number of rotatable bonds is 6. The number of para-hydroxylation sites is 2. The first-order chi connectivity index (χ1) is 13.2. The SMILES string of the molecule is COc1cccc(OC[C@@H]2CCCN(C(=O)Nc3ccccc3OC)C2)c1. The lowest BCUT2D eigenvalue weighted by Crippen LogP contribution is -2.43. The van der Waals surface area contributed by atoms with Crippen LogP contribution in [0.25, 0.3) is 0 Å². The van der Waals surface area contributed by atoms with Gasteiger partial charge >= 0.3 is 6.03 Å². The largest absolute Gasteiger partial charge is 0.497 e. The van der Waals surface area contributed by atoms with Crippen LogP contribution in [0, 0.1) is 5.92 Å². The number of nitrogens with zero attached hydrogens (tertiary/aromatic N) is 1. The molecule has 2 aromatic rings. The fourth-order valence-corrected chi connectivity index (χ4v) is 3.23. The summed E-state index contributed by atoms with van der Waals surface area (Å²) in [5, 5.41) is 2.95. The van der Waals surface area contributed by atoms with E-state index in [4.69, 9.17) is 14.2 Å². The number of carbonyl (C=O) groups excluding carboxylic acids is 1. The minimum atomic E-state index is -0.106. The van der Waals surface area contributed by atoms with Crippen molar-refractivity contribution in [3.8, 4) is 17.2 Å². The number of ether oxygens (including phenoxy) is 3. The lowest BCUT2D eigenvalue weighted by molar-refractivity contribution is 0.145. The third kappa shape index (κ3) is 5.06. The van der Waals surface area contributed by atoms with Crippen molar-refractivity contribution in [3.05, 3.63) is 48.5 Å². The van der Waals surface area contributed by atoms with Crippen LogP contribution in [0.5, 0.6) is 17.2 Å². The fourth-order valence-electron chi connectivity index (χ4n) is 3.23. The molecule has 0 aromatic heterocycles. The molecule has 2 amide bonds. The molecule has 0 saturated carbocycles. The maximum Gasteiger partial charge on any atom is 0.321 e. The number of carbonyl (C=O) groups is 1. The van der Waals surface area contributed by atoms with Gasteiger partial charge in [-0.1, -0.05) is 18.2 Å². The number of likely N-dealkylation sites (tertiary alicyclic amines) is 1. The second kappa shape index (κ2) is 9.16. The molecular weight excluding hydrogens is 344 g/mol. The average molecular weight is 370 g/mol. The normalized spacial score (nSPS) is 16.5. The van der Waals surface area contributed by atoms with E-state index in [1.165, 1.54) is 0 Å². The molecule has 1 aliphatic rings.